The Morgan fingerprint density at radius 3 is 2.58 bits per heavy atom. The number of anilines is 2. The lowest BCUT2D eigenvalue weighted by Crippen LogP contribution is -2.37. The van der Waals surface area contributed by atoms with Gasteiger partial charge in [0.15, 0.2) is 0 Å². The van der Waals surface area contributed by atoms with Crippen LogP contribution < -0.4 is 20.7 Å². The van der Waals surface area contributed by atoms with Gasteiger partial charge < -0.3 is 25.6 Å². The summed E-state index contributed by atoms with van der Waals surface area (Å²) in [4.78, 5) is 31.7. The number of carbonyl (C=O) groups is 2. The molecule has 3 amide bonds. The molecule has 0 bridgehead atoms. The van der Waals surface area contributed by atoms with Crippen LogP contribution >= 0.6 is 0 Å². The van der Waals surface area contributed by atoms with Gasteiger partial charge in [-0.3, -0.25) is 14.5 Å². The van der Waals surface area contributed by atoms with Gasteiger partial charge in [0.25, 0.3) is 5.91 Å². The van der Waals surface area contributed by atoms with E-state index in [9.17, 15) is 9.59 Å². The van der Waals surface area contributed by atoms with Gasteiger partial charge >= 0.3 is 6.03 Å². The standard InChI is InChI=1S/C28H31N7O3/c1-34-26-9-8-22(16-20(26)19-31-34)33-28(37)32-21-6-5-7-23(17-21)38-24-10-11-29-25(18-24)27(36)30-12-15-35-13-3-2-4-14-35/h5-11,16-19H,2-4,12-15H2,1H3,(H,30,36)(H2,32,33,37). The van der Waals surface area contributed by atoms with Crippen LogP contribution in [0.25, 0.3) is 10.9 Å². The predicted molar refractivity (Wildman–Crippen MR) is 147 cm³/mol. The summed E-state index contributed by atoms with van der Waals surface area (Å²) in [5.74, 6) is 0.763. The number of aryl methyl sites for hydroxylation is 1. The lowest BCUT2D eigenvalue weighted by atomic mass is 10.1. The van der Waals surface area contributed by atoms with E-state index >= 15 is 0 Å². The fourth-order valence-corrected chi connectivity index (χ4v) is 4.51. The lowest BCUT2D eigenvalue weighted by Gasteiger charge is -2.26. The predicted octanol–water partition coefficient (Wildman–Crippen LogP) is 4.62. The van der Waals surface area contributed by atoms with E-state index in [2.05, 4.69) is 30.9 Å². The van der Waals surface area contributed by atoms with Crippen LogP contribution in [0.5, 0.6) is 11.5 Å². The number of hydrogen-bond acceptors (Lipinski definition) is 6. The van der Waals surface area contributed by atoms with Crippen LogP contribution in [0.3, 0.4) is 0 Å². The zero-order chi connectivity index (χ0) is 26.3. The molecular weight excluding hydrogens is 482 g/mol. The molecule has 10 heteroatoms. The van der Waals surface area contributed by atoms with Crippen molar-refractivity contribution in [1.82, 2.24) is 25.0 Å². The molecule has 1 aliphatic rings. The molecular formula is C28H31N7O3. The third-order valence-corrected chi connectivity index (χ3v) is 6.46. The van der Waals surface area contributed by atoms with Crippen molar-refractivity contribution in [3.63, 3.8) is 0 Å². The average molecular weight is 514 g/mol. The Bertz CT molecular complexity index is 1430. The molecule has 38 heavy (non-hydrogen) atoms. The molecule has 10 nitrogen and oxygen atoms in total. The third kappa shape index (κ3) is 6.46. The van der Waals surface area contributed by atoms with Crippen molar-refractivity contribution in [2.45, 2.75) is 19.3 Å². The second kappa shape index (κ2) is 11.7. The summed E-state index contributed by atoms with van der Waals surface area (Å²) in [6.45, 7) is 3.60. The molecule has 0 radical (unpaired) electrons. The molecule has 196 valence electrons. The highest BCUT2D eigenvalue weighted by atomic mass is 16.5. The van der Waals surface area contributed by atoms with Crippen LogP contribution in [0.2, 0.25) is 0 Å². The molecule has 0 unspecified atom stereocenters. The fraction of sp³-hybridized carbons (Fsp3) is 0.286. The van der Waals surface area contributed by atoms with Gasteiger partial charge in [-0.25, -0.2) is 4.79 Å². The number of pyridine rings is 1. The first-order valence-electron chi connectivity index (χ1n) is 12.8. The number of rotatable bonds is 8. The SMILES string of the molecule is Cn1ncc2cc(NC(=O)Nc3cccc(Oc4ccnc(C(=O)NCCN5CCCCC5)c4)c3)ccc21. The second-order valence-corrected chi connectivity index (χ2v) is 9.29. The van der Waals surface area contributed by atoms with E-state index in [0.717, 1.165) is 30.5 Å². The van der Waals surface area contributed by atoms with E-state index in [1.165, 1.54) is 19.3 Å². The number of fused-ring (bicyclic) bond motifs is 1. The average Bonchev–Trinajstić information content (AvgIpc) is 3.29. The van der Waals surface area contributed by atoms with E-state index in [1.807, 2.05) is 25.2 Å². The summed E-state index contributed by atoms with van der Waals surface area (Å²) < 4.78 is 7.73. The maximum atomic E-state index is 12.6. The second-order valence-electron chi connectivity index (χ2n) is 9.29. The molecule has 2 aromatic carbocycles. The van der Waals surface area contributed by atoms with Crippen molar-refractivity contribution in [3.05, 3.63) is 72.7 Å². The van der Waals surface area contributed by atoms with Gasteiger partial charge in [-0.2, -0.15) is 5.10 Å². The topological polar surface area (TPSA) is 113 Å². The van der Waals surface area contributed by atoms with E-state index in [0.29, 0.717) is 35.1 Å². The fourth-order valence-electron chi connectivity index (χ4n) is 4.51. The summed E-state index contributed by atoms with van der Waals surface area (Å²) in [6.07, 6.45) is 7.03. The van der Waals surface area contributed by atoms with Gasteiger partial charge in [-0.1, -0.05) is 12.5 Å². The quantitative estimate of drug-likeness (QED) is 0.317. The smallest absolute Gasteiger partial charge is 0.323 e. The highest BCUT2D eigenvalue weighted by Crippen LogP contribution is 2.25. The van der Waals surface area contributed by atoms with Crippen molar-refractivity contribution < 1.29 is 14.3 Å². The highest BCUT2D eigenvalue weighted by Gasteiger charge is 2.13. The molecule has 0 spiro atoms. The van der Waals surface area contributed by atoms with Crippen LogP contribution in [0.15, 0.2) is 67.0 Å². The molecule has 1 fully saturated rings. The maximum Gasteiger partial charge on any atom is 0.323 e. The van der Waals surface area contributed by atoms with Crippen molar-refractivity contribution in [1.29, 1.82) is 0 Å². The summed E-state index contributed by atoms with van der Waals surface area (Å²) in [5.41, 5.74) is 2.50. The molecule has 0 atom stereocenters. The van der Waals surface area contributed by atoms with Gasteiger partial charge in [0, 0.05) is 55.2 Å². The lowest BCUT2D eigenvalue weighted by molar-refractivity contribution is 0.0941. The number of piperidine rings is 1. The van der Waals surface area contributed by atoms with Gasteiger partial charge in [0.2, 0.25) is 0 Å². The molecule has 4 aromatic rings. The Balaban J connectivity index is 1.15. The first-order chi connectivity index (χ1) is 18.5. The minimum atomic E-state index is -0.377. The Morgan fingerprint density at radius 2 is 1.74 bits per heavy atom. The number of aromatic nitrogens is 3. The number of nitrogens with zero attached hydrogens (tertiary/aromatic N) is 4. The molecule has 5 rings (SSSR count). The third-order valence-electron chi connectivity index (χ3n) is 6.46. The largest absolute Gasteiger partial charge is 0.457 e. The molecule has 0 saturated carbocycles. The molecule has 0 aliphatic carbocycles. The van der Waals surface area contributed by atoms with Crippen LogP contribution in [0.4, 0.5) is 16.2 Å². The first kappa shape index (κ1) is 25.2. The van der Waals surface area contributed by atoms with Gasteiger partial charge in [-0.05, 0) is 62.3 Å². The number of benzene rings is 2. The van der Waals surface area contributed by atoms with Crippen LogP contribution in [0, 0.1) is 0 Å². The van der Waals surface area contributed by atoms with Gasteiger partial charge in [0.05, 0.1) is 11.7 Å². The molecule has 3 heterocycles. The number of hydrogen-bond donors (Lipinski definition) is 3. The first-order valence-corrected chi connectivity index (χ1v) is 12.8. The van der Waals surface area contributed by atoms with E-state index in [-0.39, 0.29) is 11.9 Å². The normalized spacial score (nSPS) is 13.7. The summed E-state index contributed by atoms with van der Waals surface area (Å²) in [7, 11) is 1.87. The van der Waals surface area contributed by atoms with Crippen molar-refractivity contribution in [3.8, 4) is 11.5 Å². The molecule has 3 N–H and O–H groups in total. The Morgan fingerprint density at radius 1 is 0.947 bits per heavy atom. The number of urea groups is 1. The van der Waals surface area contributed by atoms with E-state index in [4.69, 9.17) is 4.74 Å². The maximum absolute atomic E-state index is 12.6. The van der Waals surface area contributed by atoms with E-state index in [1.54, 1.807) is 53.5 Å². The molecule has 1 aliphatic heterocycles. The van der Waals surface area contributed by atoms with Crippen molar-refractivity contribution >= 4 is 34.2 Å². The molecule has 1 saturated heterocycles. The number of ether oxygens (including phenoxy) is 1. The highest BCUT2D eigenvalue weighted by molar-refractivity contribution is 6.01. The zero-order valence-electron chi connectivity index (χ0n) is 21.3. The Hall–Kier alpha value is -4.44. The number of carbonyl (C=O) groups excluding carboxylic acids is 2. The summed E-state index contributed by atoms with van der Waals surface area (Å²) in [5, 5.41) is 13.8. The summed E-state index contributed by atoms with van der Waals surface area (Å²) in [6, 6.07) is 15.6. The summed E-state index contributed by atoms with van der Waals surface area (Å²) >= 11 is 0. The number of amides is 3. The van der Waals surface area contributed by atoms with Crippen LogP contribution in [-0.2, 0) is 7.05 Å². The van der Waals surface area contributed by atoms with E-state index < -0.39 is 0 Å². The van der Waals surface area contributed by atoms with Crippen molar-refractivity contribution in [2.24, 2.45) is 7.05 Å². The van der Waals surface area contributed by atoms with Gasteiger partial charge in [0.1, 0.15) is 17.2 Å². The van der Waals surface area contributed by atoms with Crippen molar-refractivity contribution in [2.75, 3.05) is 36.8 Å². The Kier molecular flexibility index (Phi) is 7.79. The minimum absolute atomic E-state index is 0.232. The minimum Gasteiger partial charge on any atom is -0.457 e. The van der Waals surface area contributed by atoms with Crippen LogP contribution in [-0.4, -0.2) is 57.8 Å². The molecule has 2 aromatic heterocycles. The zero-order valence-corrected chi connectivity index (χ0v) is 21.3. The Labute approximate surface area is 221 Å². The number of likely N-dealkylation sites (tertiary alicyclic amines) is 1. The van der Waals surface area contributed by atoms with Gasteiger partial charge in [-0.15, -0.1) is 0 Å². The number of nitrogens with one attached hydrogen (secondary N) is 3. The monoisotopic (exact) mass is 513 g/mol. The van der Waals surface area contributed by atoms with Crippen LogP contribution in [0.1, 0.15) is 29.8 Å².